The van der Waals surface area contributed by atoms with Gasteiger partial charge in [0, 0.05) is 49.4 Å². The molecule has 0 aliphatic carbocycles. The number of benzene rings is 1. The Morgan fingerprint density at radius 2 is 1.77 bits per heavy atom. The second kappa shape index (κ2) is 16.3. The third kappa shape index (κ3) is 11.7. The van der Waals surface area contributed by atoms with Gasteiger partial charge in [-0.3, -0.25) is 9.79 Å². The Hall–Kier alpha value is -0.870. The predicted octanol–water partition coefficient (Wildman–Crippen LogP) is 3.17. The van der Waals surface area contributed by atoms with E-state index >= 15 is 0 Å². The summed E-state index contributed by atoms with van der Waals surface area (Å²) in [6.07, 6.45) is 1.74. The maximum Gasteiger partial charge on any atom is 0.251 e. The van der Waals surface area contributed by atoms with E-state index in [0.29, 0.717) is 18.7 Å². The highest BCUT2D eigenvalue weighted by Crippen LogP contribution is 2.10. The molecule has 8 heteroatoms. The molecule has 1 aromatic rings. The second-order valence-electron chi connectivity index (χ2n) is 5.35. The zero-order valence-electron chi connectivity index (χ0n) is 15.5. The van der Waals surface area contributed by atoms with E-state index < -0.39 is 0 Å². The van der Waals surface area contributed by atoms with Gasteiger partial charge in [-0.2, -0.15) is 0 Å². The lowest BCUT2D eigenvalue weighted by Gasteiger charge is -2.11. The summed E-state index contributed by atoms with van der Waals surface area (Å²) in [6, 6.07) is 7.32. The number of aliphatic imine (C=N–C) groups is 1. The third-order valence-corrected chi connectivity index (χ3v) is 3.83. The highest BCUT2D eigenvalue weighted by Gasteiger charge is 2.03. The van der Waals surface area contributed by atoms with Gasteiger partial charge in [-0.05, 0) is 51.0 Å². The monoisotopic (exact) mass is 540 g/mol. The van der Waals surface area contributed by atoms with Crippen molar-refractivity contribution in [2.24, 2.45) is 4.99 Å². The number of guanidine groups is 1. The molecule has 0 aromatic heterocycles. The molecule has 6 nitrogen and oxygen atoms in total. The fourth-order valence-electron chi connectivity index (χ4n) is 2.04. The molecule has 1 aromatic carbocycles. The Balaban J connectivity index is 0.00000625. The van der Waals surface area contributed by atoms with Crippen LogP contribution in [0.1, 0.15) is 37.0 Å². The SMILES string of the molecule is CCNC(=NCCCNC(=O)c1ccc(Br)cc1)NCCCOCC.I. The van der Waals surface area contributed by atoms with Gasteiger partial charge in [-0.1, -0.05) is 15.9 Å². The van der Waals surface area contributed by atoms with Crippen LogP contribution in [0.15, 0.2) is 33.7 Å². The zero-order chi connectivity index (χ0) is 18.3. The minimum Gasteiger partial charge on any atom is -0.382 e. The minimum absolute atomic E-state index is 0. The first-order valence-corrected chi connectivity index (χ1v) is 9.60. The lowest BCUT2D eigenvalue weighted by Crippen LogP contribution is -2.38. The van der Waals surface area contributed by atoms with Crippen LogP contribution >= 0.6 is 39.9 Å². The van der Waals surface area contributed by atoms with E-state index in [0.717, 1.165) is 49.6 Å². The van der Waals surface area contributed by atoms with Crippen LogP contribution in [-0.4, -0.2) is 51.3 Å². The highest BCUT2D eigenvalue weighted by atomic mass is 127. The van der Waals surface area contributed by atoms with Gasteiger partial charge in [0.05, 0.1) is 0 Å². The van der Waals surface area contributed by atoms with Gasteiger partial charge in [0.2, 0.25) is 0 Å². The van der Waals surface area contributed by atoms with E-state index in [1.165, 1.54) is 0 Å². The number of hydrogen-bond acceptors (Lipinski definition) is 3. The number of nitrogens with one attached hydrogen (secondary N) is 3. The number of carbonyl (C=O) groups is 1. The number of nitrogens with zero attached hydrogens (tertiary/aromatic N) is 1. The number of hydrogen-bond donors (Lipinski definition) is 3. The average Bonchev–Trinajstić information content (AvgIpc) is 2.61. The fraction of sp³-hybridized carbons (Fsp3) is 0.556. The molecule has 0 saturated carbocycles. The van der Waals surface area contributed by atoms with Crippen LogP contribution in [0.4, 0.5) is 0 Å². The van der Waals surface area contributed by atoms with Crippen molar-refractivity contribution in [2.75, 3.05) is 39.4 Å². The summed E-state index contributed by atoms with van der Waals surface area (Å²) < 4.78 is 6.27. The first kappa shape index (κ1) is 25.1. The molecule has 1 rings (SSSR count). The predicted molar refractivity (Wildman–Crippen MR) is 122 cm³/mol. The molecule has 0 atom stereocenters. The molecule has 0 fully saturated rings. The van der Waals surface area contributed by atoms with Crippen LogP contribution in [-0.2, 0) is 4.74 Å². The average molecular weight is 541 g/mol. The van der Waals surface area contributed by atoms with Crippen molar-refractivity contribution >= 4 is 51.8 Å². The van der Waals surface area contributed by atoms with E-state index in [1.54, 1.807) is 12.1 Å². The molecule has 26 heavy (non-hydrogen) atoms. The number of carbonyl (C=O) groups excluding carboxylic acids is 1. The molecule has 0 heterocycles. The number of rotatable bonds is 11. The van der Waals surface area contributed by atoms with Crippen molar-refractivity contribution in [3.05, 3.63) is 34.3 Å². The summed E-state index contributed by atoms with van der Waals surface area (Å²) >= 11 is 3.36. The molecule has 0 aliphatic rings. The van der Waals surface area contributed by atoms with Crippen LogP contribution < -0.4 is 16.0 Å². The van der Waals surface area contributed by atoms with E-state index in [1.807, 2.05) is 26.0 Å². The van der Waals surface area contributed by atoms with Crippen molar-refractivity contribution in [1.29, 1.82) is 0 Å². The Kier molecular flexibility index (Phi) is 15.8. The fourth-order valence-corrected chi connectivity index (χ4v) is 2.31. The van der Waals surface area contributed by atoms with Gasteiger partial charge < -0.3 is 20.7 Å². The van der Waals surface area contributed by atoms with Gasteiger partial charge in [-0.25, -0.2) is 0 Å². The first-order valence-electron chi connectivity index (χ1n) is 8.81. The first-order chi connectivity index (χ1) is 12.2. The van der Waals surface area contributed by atoms with Gasteiger partial charge in [0.25, 0.3) is 5.91 Å². The van der Waals surface area contributed by atoms with Crippen LogP contribution in [0.5, 0.6) is 0 Å². The molecule has 0 unspecified atom stereocenters. The quantitative estimate of drug-likeness (QED) is 0.174. The summed E-state index contributed by atoms with van der Waals surface area (Å²) in [5.74, 6) is 0.746. The van der Waals surface area contributed by atoms with Crippen molar-refractivity contribution in [2.45, 2.75) is 26.7 Å². The normalized spacial score (nSPS) is 10.8. The van der Waals surface area contributed by atoms with Crippen molar-refractivity contribution in [3.8, 4) is 0 Å². The maximum absolute atomic E-state index is 12.0. The third-order valence-electron chi connectivity index (χ3n) is 3.30. The number of amides is 1. The van der Waals surface area contributed by atoms with Gasteiger partial charge in [0.15, 0.2) is 5.96 Å². The molecule has 0 saturated heterocycles. The van der Waals surface area contributed by atoms with E-state index in [-0.39, 0.29) is 29.9 Å². The summed E-state index contributed by atoms with van der Waals surface area (Å²) in [7, 11) is 0. The van der Waals surface area contributed by atoms with Crippen molar-refractivity contribution in [1.82, 2.24) is 16.0 Å². The molecule has 0 bridgehead atoms. The molecule has 0 spiro atoms. The van der Waals surface area contributed by atoms with E-state index in [9.17, 15) is 4.79 Å². The number of halogens is 2. The lowest BCUT2D eigenvalue weighted by atomic mass is 10.2. The Bertz CT molecular complexity index is 526. The Morgan fingerprint density at radius 1 is 1.08 bits per heavy atom. The highest BCUT2D eigenvalue weighted by molar-refractivity contribution is 14.0. The van der Waals surface area contributed by atoms with Crippen LogP contribution in [0, 0.1) is 0 Å². The van der Waals surface area contributed by atoms with Gasteiger partial charge >= 0.3 is 0 Å². The molecule has 1 amide bonds. The van der Waals surface area contributed by atoms with E-state index in [2.05, 4.69) is 36.9 Å². The standard InChI is InChI=1S/C18H29BrN4O2.HI/c1-3-20-18(23-13-6-14-25-4-2)22-12-5-11-21-17(24)15-7-9-16(19)10-8-15;/h7-10H,3-6,11-14H2,1-2H3,(H,21,24)(H2,20,22,23);1H. The molecule has 3 N–H and O–H groups in total. The van der Waals surface area contributed by atoms with Crippen molar-refractivity contribution < 1.29 is 9.53 Å². The molecule has 148 valence electrons. The summed E-state index contributed by atoms with van der Waals surface area (Å²) in [6.45, 7) is 8.43. The summed E-state index contributed by atoms with van der Waals surface area (Å²) in [5.41, 5.74) is 0.663. The van der Waals surface area contributed by atoms with Crippen LogP contribution in [0.3, 0.4) is 0 Å². The lowest BCUT2D eigenvalue weighted by molar-refractivity contribution is 0.0953. The minimum atomic E-state index is -0.0579. The smallest absolute Gasteiger partial charge is 0.251 e. The Labute approximate surface area is 182 Å². The molecule has 0 aliphatic heterocycles. The largest absolute Gasteiger partial charge is 0.382 e. The zero-order valence-corrected chi connectivity index (χ0v) is 19.4. The molecular weight excluding hydrogens is 511 g/mol. The maximum atomic E-state index is 12.0. The Morgan fingerprint density at radius 3 is 2.42 bits per heavy atom. The topological polar surface area (TPSA) is 74.8 Å². The van der Waals surface area contributed by atoms with Crippen LogP contribution in [0.2, 0.25) is 0 Å². The summed E-state index contributed by atoms with van der Waals surface area (Å²) in [4.78, 5) is 16.5. The molecule has 0 radical (unpaired) electrons. The molecular formula is C18H30BrIN4O2. The van der Waals surface area contributed by atoms with Gasteiger partial charge in [-0.15, -0.1) is 24.0 Å². The summed E-state index contributed by atoms with van der Waals surface area (Å²) in [5, 5.41) is 9.40. The number of ether oxygens (including phenoxy) is 1. The van der Waals surface area contributed by atoms with E-state index in [4.69, 9.17) is 4.74 Å². The second-order valence-corrected chi connectivity index (χ2v) is 6.27. The van der Waals surface area contributed by atoms with Gasteiger partial charge in [0.1, 0.15) is 0 Å². The van der Waals surface area contributed by atoms with Crippen molar-refractivity contribution in [3.63, 3.8) is 0 Å². The van der Waals surface area contributed by atoms with Crippen LogP contribution in [0.25, 0.3) is 0 Å².